The topological polar surface area (TPSA) is 49.4 Å². The van der Waals surface area contributed by atoms with Crippen molar-refractivity contribution in [1.82, 2.24) is 4.90 Å². The molecule has 2 fully saturated rings. The van der Waals surface area contributed by atoms with Gasteiger partial charge in [-0.25, -0.2) is 0 Å². The lowest BCUT2D eigenvalue weighted by molar-refractivity contribution is -0.135. The molecule has 21 heavy (non-hydrogen) atoms. The van der Waals surface area contributed by atoms with E-state index in [4.69, 9.17) is 0 Å². The maximum atomic E-state index is 12.5. The summed E-state index contributed by atoms with van der Waals surface area (Å²) in [6.45, 7) is 6.08. The normalized spacial score (nSPS) is 27.9. The molecule has 0 bridgehead atoms. The number of rotatable bonds is 2. The Bertz CT molecular complexity index is 596. The van der Waals surface area contributed by atoms with E-state index >= 15 is 0 Å². The minimum Gasteiger partial charge on any atom is -0.324 e. The summed E-state index contributed by atoms with van der Waals surface area (Å²) in [5.41, 5.74) is 3.05. The Morgan fingerprint density at radius 1 is 1.33 bits per heavy atom. The monoisotopic (exact) mass is 304 g/mol. The molecule has 4 nitrogen and oxygen atoms in total. The fraction of sp³-hybridized carbons (Fsp3) is 0.500. The van der Waals surface area contributed by atoms with Gasteiger partial charge in [0, 0.05) is 17.9 Å². The Morgan fingerprint density at radius 2 is 2.00 bits per heavy atom. The largest absolute Gasteiger partial charge is 0.324 e. The molecule has 1 aromatic rings. The molecule has 3 rings (SSSR count). The molecule has 2 atom stereocenters. The Morgan fingerprint density at radius 3 is 2.67 bits per heavy atom. The van der Waals surface area contributed by atoms with Gasteiger partial charge in [0.25, 0.3) is 0 Å². The van der Waals surface area contributed by atoms with Gasteiger partial charge >= 0.3 is 0 Å². The number of anilines is 1. The van der Waals surface area contributed by atoms with E-state index in [0.29, 0.717) is 12.2 Å². The Kier molecular flexibility index (Phi) is 3.48. The lowest BCUT2D eigenvalue weighted by Crippen LogP contribution is -2.48. The molecule has 2 heterocycles. The lowest BCUT2D eigenvalue weighted by atomic mass is 10.1. The van der Waals surface area contributed by atoms with Crippen molar-refractivity contribution in [3.8, 4) is 0 Å². The molecule has 0 spiro atoms. The number of nitrogens with zero attached hydrogens (tertiary/aromatic N) is 1. The molecule has 2 aliphatic heterocycles. The van der Waals surface area contributed by atoms with Crippen LogP contribution in [0.2, 0.25) is 0 Å². The van der Waals surface area contributed by atoms with Crippen LogP contribution in [0.25, 0.3) is 0 Å². The highest BCUT2D eigenvalue weighted by atomic mass is 32.2. The van der Waals surface area contributed by atoms with Crippen molar-refractivity contribution < 1.29 is 9.59 Å². The highest BCUT2D eigenvalue weighted by Crippen LogP contribution is 2.47. The molecule has 2 amide bonds. The number of nitrogens with one attached hydrogen (secondary N) is 1. The molecule has 0 aromatic heterocycles. The van der Waals surface area contributed by atoms with E-state index in [1.54, 1.807) is 16.7 Å². The molecule has 1 N–H and O–H groups in total. The number of fused-ring (bicyclic) bond motifs is 1. The van der Waals surface area contributed by atoms with Crippen LogP contribution in [-0.2, 0) is 9.59 Å². The number of amides is 2. The Hall–Kier alpha value is -1.49. The molecule has 2 saturated heterocycles. The van der Waals surface area contributed by atoms with Gasteiger partial charge in [0.2, 0.25) is 11.8 Å². The molecular formula is C16H20N2O2S. The van der Waals surface area contributed by atoms with Crippen molar-refractivity contribution in [3.05, 3.63) is 29.3 Å². The van der Waals surface area contributed by atoms with E-state index in [1.165, 1.54) is 0 Å². The fourth-order valence-electron chi connectivity index (χ4n) is 3.29. The Labute approximate surface area is 129 Å². The number of hydrogen-bond acceptors (Lipinski definition) is 3. The third-order valence-corrected chi connectivity index (χ3v) is 5.74. The predicted molar refractivity (Wildman–Crippen MR) is 85.3 cm³/mol. The summed E-state index contributed by atoms with van der Waals surface area (Å²) in [6, 6.07) is 5.63. The summed E-state index contributed by atoms with van der Waals surface area (Å²) >= 11 is 1.72. The third-order valence-electron chi connectivity index (χ3n) is 4.24. The van der Waals surface area contributed by atoms with Gasteiger partial charge in [0.1, 0.15) is 6.04 Å². The molecule has 0 saturated carbocycles. The second kappa shape index (κ2) is 5.05. The maximum Gasteiger partial charge on any atom is 0.248 e. The summed E-state index contributed by atoms with van der Waals surface area (Å²) in [6.07, 6.45) is 1.39. The highest BCUT2D eigenvalue weighted by Gasteiger charge is 2.52. The molecule has 112 valence electrons. The van der Waals surface area contributed by atoms with Gasteiger partial charge in [-0.15, -0.1) is 11.8 Å². The van der Waals surface area contributed by atoms with Crippen LogP contribution >= 0.6 is 11.8 Å². The van der Waals surface area contributed by atoms with Gasteiger partial charge in [-0.05, 0) is 50.5 Å². The standard InChI is InChI=1S/C16H20N2O2S/c1-10-6-11(2)8-12(7-10)17-15(20)13-9-21-16(3)5-4-14(19)18(13)16/h6-8,13H,4-5,9H2,1-3H3,(H,17,20)/t13-,16+/m0/s1. The first-order chi connectivity index (χ1) is 9.89. The maximum absolute atomic E-state index is 12.5. The van der Waals surface area contributed by atoms with Crippen LogP contribution in [0.5, 0.6) is 0 Å². The van der Waals surface area contributed by atoms with E-state index in [1.807, 2.05) is 26.0 Å². The van der Waals surface area contributed by atoms with Crippen LogP contribution in [0.1, 0.15) is 30.9 Å². The Balaban J connectivity index is 1.78. The van der Waals surface area contributed by atoms with Crippen molar-refractivity contribution in [2.75, 3.05) is 11.1 Å². The second-order valence-electron chi connectivity index (χ2n) is 6.13. The summed E-state index contributed by atoms with van der Waals surface area (Å²) in [5, 5.41) is 2.97. The first-order valence-corrected chi connectivity index (χ1v) is 8.23. The fourth-order valence-corrected chi connectivity index (χ4v) is 4.72. The number of benzene rings is 1. The number of aryl methyl sites for hydroxylation is 2. The first-order valence-electron chi connectivity index (χ1n) is 7.24. The minimum absolute atomic E-state index is 0.0773. The summed E-state index contributed by atoms with van der Waals surface area (Å²) < 4.78 is 0. The van der Waals surface area contributed by atoms with Crippen molar-refractivity contribution in [2.45, 2.75) is 44.5 Å². The molecule has 1 aromatic carbocycles. The summed E-state index contributed by atoms with van der Waals surface area (Å²) in [5.74, 6) is 0.702. The number of carbonyl (C=O) groups is 2. The average Bonchev–Trinajstić information content (AvgIpc) is 2.86. The van der Waals surface area contributed by atoms with Gasteiger partial charge in [-0.2, -0.15) is 0 Å². The zero-order valence-corrected chi connectivity index (χ0v) is 13.4. The van der Waals surface area contributed by atoms with E-state index in [0.717, 1.165) is 23.2 Å². The number of carbonyl (C=O) groups excluding carboxylic acids is 2. The van der Waals surface area contributed by atoms with Gasteiger partial charge in [0.15, 0.2) is 0 Å². The SMILES string of the molecule is Cc1cc(C)cc(NC(=O)[C@@H]2CS[C@]3(C)CCC(=O)N23)c1. The van der Waals surface area contributed by atoms with E-state index in [2.05, 4.69) is 18.3 Å². The highest BCUT2D eigenvalue weighted by molar-refractivity contribution is 8.01. The van der Waals surface area contributed by atoms with E-state index in [9.17, 15) is 9.59 Å². The lowest BCUT2D eigenvalue weighted by Gasteiger charge is -2.29. The smallest absolute Gasteiger partial charge is 0.248 e. The van der Waals surface area contributed by atoms with E-state index in [-0.39, 0.29) is 22.7 Å². The van der Waals surface area contributed by atoms with Crippen LogP contribution in [0.3, 0.4) is 0 Å². The zero-order valence-electron chi connectivity index (χ0n) is 12.6. The first kappa shape index (κ1) is 14.4. The van der Waals surface area contributed by atoms with Crippen LogP contribution in [-0.4, -0.2) is 33.4 Å². The van der Waals surface area contributed by atoms with Crippen molar-refractivity contribution in [2.24, 2.45) is 0 Å². The van der Waals surface area contributed by atoms with E-state index < -0.39 is 0 Å². The van der Waals surface area contributed by atoms with Crippen molar-refractivity contribution in [3.63, 3.8) is 0 Å². The minimum atomic E-state index is -0.351. The number of thioether (sulfide) groups is 1. The molecule has 0 radical (unpaired) electrons. The van der Waals surface area contributed by atoms with Gasteiger partial charge in [0.05, 0.1) is 4.87 Å². The second-order valence-corrected chi connectivity index (χ2v) is 7.63. The quantitative estimate of drug-likeness (QED) is 0.914. The summed E-state index contributed by atoms with van der Waals surface area (Å²) in [7, 11) is 0. The molecular weight excluding hydrogens is 284 g/mol. The van der Waals surface area contributed by atoms with Crippen LogP contribution in [0.4, 0.5) is 5.69 Å². The predicted octanol–water partition coefficient (Wildman–Crippen LogP) is 2.70. The van der Waals surface area contributed by atoms with Crippen molar-refractivity contribution >= 4 is 29.3 Å². The van der Waals surface area contributed by atoms with Crippen LogP contribution in [0.15, 0.2) is 18.2 Å². The molecule has 5 heteroatoms. The van der Waals surface area contributed by atoms with Crippen molar-refractivity contribution in [1.29, 1.82) is 0 Å². The zero-order chi connectivity index (χ0) is 15.2. The molecule has 0 unspecified atom stereocenters. The summed E-state index contributed by atoms with van der Waals surface area (Å²) in [4.78, 5) is 26.2. The number of hydrogen-bond donors (Lipinski definition) is 1. The molecule has 0 aliphatic carbocycles. The van der Waals surface area contributed by atoms with Crippen LogP contribution < -0.4 is 5.32 Å². The third kappa shape index (κ3) is 2.55. The van der Waals surface area contributed by atoms with Gasteiger partial charge in [-0.3, -0.25) is 9.59 Å². The van der Waals surface area contributed by atoms with Gasteiger partial charge < -0.3 is 10.2 Å². The van der Waals surface area contributed by atoms with Crippen LogP contribution in [0, 0.1) is 13.8 Å². The van der Waals surface area contributed by atoms with Gasteiger partial charge in [-0.1, -0.05) is 6.07 Å². The molecule has 2 aliphatic rings. The average molecular weight is 304 g/mol.